The van der Waals surface area contributed by atoms with E-state index in [1.54, 1.807) is 11.9 Å². The van der Waals surface area contributed by atoms with Gasteiger partial charge in [0, 0.05) is 24.7 Å². The van der Waals surface area contributed by atoms with E-state index in [1.807, 2.05) is 25.1 Å². The van der Waals surface area contributed by atoms with Crippen molar-refractivity contribution in [2.75, 3.05) is 19.3 Å². The zero-order valence-corrected chi connectivity index (χ0v) is 12.7. The van der Waals surface area contributed by atoms with Gasteiger partial charge in [-0.25, -0.2) is 4.98 Å². The van der Waals surface area contributed by atoms with Crippen LogP contribution >= 0.6 is 11.3 Å². The van der Waals surface area contributed by atoms with Crippen LogP contribution in [0.2, 0.25) is 0 Å². The molecule has 0 fully saturated rings. The molecular weight excluding hydrogens is 270 g/mol. The van der Waals surface area contributed by atoms with Gasteiger partial charge in [0.2, 0.25) is 0 Å². The highest BCUT2D eigenvalue weighted by molar-refractivity contribution is 7.21. The second-order valence-electron chi connectivity index (χ2n) is 4.81. The summed E-state index contributed by atoms with van der Waals surface area (Å²) in [5.41, 5.74) is 7.56. The Bertz CT molecular complexity index is 648. The first-order valence-corrected chi connectivity index (χ1v) is 7.38. The topological polar surface area (TPSA) is 59.2 Å². The van der Waals surface area contributed by atoms with Crippen LogP contribution in [0.15, 0.2) is 24.8 Å². The van der Waals surface area contributed by atoms with Gasteiger partial charge < -0.3 is 10.6 Å². The zero-order valence-electron chi connectivity index (χ0n) is 11.8. The largest absolute Gasteiger partial charge is 0.397 e. The van der Waals surface area contributed by atoms with E-state index in [1.165, 1.54) is 11.3 Å². The summed E-state index contributed by atoms with van der Waals surface area (Å²) in [5, 5.41) is 0.864. The van der Waals surface area contributed by atoms with Gasteiger partial charge in [-0.3, -0.25) is 4.79 Å². The normalized spacial score (nSPS) is 10.7. The maximum Gasteiger partial charge on any atom is 0.265 e. The Morgan fingerprint density at radius 3 is 3.00 bits per heavy atom. The number of nitrogens with zero attached hydrogens (tertiary/aromatic N) is 2. The van der Waals surface area contributed by atoms with Crippen LogP contribution in [0.25, 0.3) is 10.2 Å². The number of amides is 1. The lowest BCUT2D eigenvalue weighted by Gasteiger charge is -2.15. The fourth-order valence-corrected chi connectivity index (χ4v) is 3.13. The number of carbonyl (C=O) groups excluding carboxylic acids is 1. The van der Waals surface area contributed by atoms with Gasteiger partial charge in [0.1, 0.15) is 9.71 Å². The maximum absolute atomic E-state index is 12.4. The molecule has 0 aromatic carbocycles. The van der Waals surface area contributed by atoms with Crippen LogP contribution in [0.5, 0.6) is 0 Å². The van der Waals surface area contributed by atoms with Crippen molar-refractivity contribution in [3.8, 4) is 0 Å². The molecule has 5 heteroatoms. The molecule has 2 heterocycles. The third-order valence-corrected chi connectivity index (χ3v) is 4.28. The lowest BCUT2D eigenvalue weighted by Crippen LogP contribution is -2.27. The molecule has 0 saturated carbocycles. The van der Waals surface area contributed by atoms with Crippen LogP contribution < -0.4 is 5.73 Å². The standard InChI is InChI=1S/C15H19N3OS/c1-4-5-6-9-18(3)15(19)13-12(16)11-8-7-10(2)17-14(11)20-13/h4,7-8H,1,5-6,9,16H2,2-3H3. The van der Waals surface area contributed by atoms with E-state index < -0.39 is 0 Å². The van der Waals surface area contributed by atoms with Gasteiger partial charge in [0.05, 0.1) is 5.69 Å². The van der Waals surface area contributed by atoms with Crippen LogP contribution in [0.3, 0.4) is 0 Å². The Kier molecular flexibility index (Phi) is 4.39. The van der Waals surface area contributed by atoms with Crippen molar-refractivity contribution in [3.63, 3.8) is 0 Å². The van der Waals surface area contributed by atoms with E-state index in [0.29, 0.717) is 17.1 Å². The average Bonchev–Trinajstić information content (AvgIpc) is 2.74. The highest BCUT2D eigenvalue weighted by Crippen LogP contribution is 2.33. The number of nitrogens with two attached hydrogens (primary N) is 1. The quantitative estimate of drug-likeness (QED) is 0.679. The van der Waals surface area contributed by atoms with Crippen molar-refractivity contribution >= 4 is 33.1 Å². The number of carbonyl (C=O) groups is 1. The summed E-state index contributed by atoms with van der Waals surface area (Å²) in [5.74, 6) is -0.0350. The zero-order chi connectivity index (χ0) is 14.7. The first-order chi connectivity index (χ1) is 9.54. The van der Waals surface area contributed by atoms with Gasteiger partial charge in [-0.15, -0.1) is 17.9 Å². The molecular formula is C15H19N3OS. The van der Waals surface area contributed by atoms with Crippen LogP contribution in [-0.2, 0) is 0 Å². The van der Waals surface area contributed by atoms with Crippen LogP contribution in [0.4, 0.5) is 5.69 Å². The Labute approximate surface area is 122 Å². The molecule has 106 valence electrons. The Morgan fingerprint density at radius 1 is 1.55 bits per heavy atom. The number of thiophene rings is 1. The lowest BCUT2D eigenvalue weighted by molar-refractivity contribution is 0.0799. The molecule has 0 radical (unpaired) electrons. The minimum atomic E-state index is -0.0350. The molecule has 1 amide bonds. The number of fused-ring (bicyclic) bond motifs is 1. The molecule has 0 aliphatic carbocycles. The van der Waals surface area contributed by atoms with Gasteiger partial charge >= 0.3 is 0 Å². The minimum absolute atomic E-state index is 0.0350. The van der Waals surface area contributed by atoms with Crippen molar-refractivity contribution in [2.24, 2.45) is 0 Å². The van der Waals surface area contributed by atoms with Gasteiger partial charge in [-0.05, 0) is 31.9 Å². The molecule has 0 spiro atoms. The second-order valence-corrected chi connectivity index (χ2v) is 5.81. The van der Waals surface area contributed by atoms with Crippen molar-refractivity contribution < 1.29 is 4.79 Å². The Morgan fingerprint density at radius 2 is 2.30 bits per heavy atom. The van der Waals surface area contributed by atoms with E-state index in [2.05, 4.69) is 11.6 Å². The molecule has 0 atom stereocenters. The number of allylic oxidation sites excluding steroid dienone is 1. The van der Waals surface area contributed by atoms with Crippen LogP contribution in [-0.4, -0.2) is 29.4 Å². The Balaban J connectivity index is 2.25. The summed E-state index contributed by atoms with van der Waals surface area (Å²) in [6, 6.07) is 3.84. The number of hydrogen-bond acceptors (Lipinski definition) is 4. The second kappa shape index (κ2) is 6.05. The van der Waals surface area contributed by atoms with E-state index in [-0.39, 0.29) is 5.91 Å². The molecule has 0 bridgehead atoms. The molecule has 0 saturated heterocycles. The number of hydrogen-bond donors (Lipinski definition) is 1. The van der Waals surface area contributed by atoms with Crippen molar-refractivity contribution in [1.29, 1.82) is 0 Å². The molecule has 20 heavy (non-hydrogen) atoms. The number of aryl methyl sites for hydroxylation is 1. The number of nitrogen functional groups attached to an aromatic ring is 1. The van der Waals surface area contributed by atoms with Gasteiger partial charge in [0.15, 0.2) is 0 Å². The van der Waals surface area contributed by atoms with E-state index in [9.17, 15) is 4.79 Å². The monoisotopic (exact) mass is 289 g/mol. The third kappa shape index (κ3) is 2.82. The number of aromatic nitrogens is 1. The molecule has 0 aliphatic rings. The summed E-state index contributed by atoms with van der Waals surface area (Å²) in [6.07, 6.45) is 3.67. The molecule has 0 unspecified atom stereocenters. The summed E-state index contributed by atoms with van der Waals surface area (Å²) in [4.78, 5) is 20.0. The summed E-state index contributed by atoms with van der Waals surface area (Å²) in [7, 11) is 1.80. The Hall–Kier alpha value is -1.88. The molecule has 2 rings (SSSR count). The fourth-order valence-electron chi connectivity index (χ4n) is 2.00. The van der Waals surface area contributed by atoms with E-state index in [0.717, 1.165) is 28.8 Å². The summed E-state index contributed by atoms with van der Waals surface area (Å²) >= 11 is 1.37. The smallest absolute Gasteiger partial charge is 0.265 e. The first-order valence-electron chi connectivity index (χ1n) is 6.56. The summed E-state index contributed by atoms with van der Waals surface area (Å²) in [6.45, 7) is 6.31. The van der Waals surface area contributed by atoms with Gasteiger partial charge in [-0.1, -0.05) is 6.08 Å². The fraction of sp³-hybridized carbons (Fsp3) is 0.333. The van der Waals surface area contributed by atoms with E-state index in [4.69, 9.17) is 5.73 Å². The minimum Gasteiger partial charge on any atom is -0.397 e. The molecule has 2 N–H and O–H groups in total. The average molecular weight is 289 g/mol. The van der Waals surface area contributed by atoms with E-state index >= 15 is 0 Å². The number of rotatable bonds is 5. The number of unbranched alkanes of at least 4 members (excludes halogenated alkanes) is 1. The molecule has 2 aromatic heterocycles. The first kappa shape index (κ1) is 14.5. The van der Waals surface area contributed by atoms with Crippen molar-refractivity contribution in [3.05, 3.63) is 35.4 Å². The van der Waals surface area contributed by atoms with Crippen LogP contribution in [0, 0.1) is 6.92 Å². The predicted molar refractivity (Wildman–Crippen MR) is 85.2 cm³/mol. The lowest BCUT2D eigenvalue weighted by atomic mass is 10.2. The molecule has 2 aromatic rings. The highest BCUT2D eigenvalue weighted by Gasteiger charge is 2.20. The van der Waals surface area contributed by atoms with Crippen molar-refractivity contribution in [1.82, 2.24) is 9.88 Å². The highest BCUT2D eigenvalue weighted by atomic mass is 32.1. The maximum atomic E-state index is 12.4. The molecule has 0 aliphatic heterocycles. The third-order valence-electron chi connectivity index (χ3n) is 3.18. The molecule has 4 nitrogen and oxygen atoms in total. The SMILES string of the molecule is C=CCCCN(C)C(=O)c1sc2nc(C)ccc2c1N. The van der Waals surface area contributed by atoms with Crippen molar-refractivity contribution in [2.45, 2.75) is 19.8 Å². The number of anilines is 1. The van der Waals surface area contributed by atoms with Crippen LogP contribution in [0.1, 0.15) is 28.2 Å². The van der Waals surface area contributed by atoms with Gasteiger partial charge in [-0.2, -0.15) is 0 Å². The summed E-state index contributed by atoms with van der Waals surface area (Å²) < 4.78 is 0. The number of pyridine rings is 1. The predicted octanol–water partition coefficient (Wildman–Crippen LogP) is 3.23. The van der Waals surface area contributed by atoms with Gasteiger partial charge in [0.25, 0.3) is 5.91 Å².